The van der Waals surface area contributed by atoms with Crippen LogP contribution in [0.2, 0.25) is 0 Å². The molecule has 0 radical (unpaired) electrons. The lowest BCUT2D eigenvalue weighted by molar-refractivity contribution is 0.398. The van der Waals surface area contributed by atoms with Gasteiger partial charge in [0, 0.05) is 6.04 Å². The molecule has 0 aromatic rings. The van der Waals surface area contributed by atoms with Gasteiger partial charge in [-0.25, -0.2) is 0 Å². The van der Waals surface area contributed by atoms with Gasteiger partial charge in [-0.05, 0) is 39.2 Å². The van der Waals surface area contributed by atoms with Crippen molar-refractivity contribution in [2.75, 3.05) is 6.54 Å². The number of rotatable bonds is 4. The summed E-state index contributed by atoms with van der Waals surface area (Å²) in [5, 5.41) is 3.59. The van der Waals surface area contributed by atoms with Crippen LogP contribution in [0.1, 0.15) is 52.4 Å². The molecule has 1 N–H and O–H groups in total. The van der Waals surface area contributed by atoms with Crippen LogP contribution >= 0.6 is 0 Å². The Morgan fingerprint density at radius 3 is 2.92 bits per heavy atom. The molecule has 76 valence electrons. The first-order valence-electron chi connectivity index (χ1n) is 5.72. The molecule has 0 aliphatic carbocycles. The minimum Gasteiger partial charge on any atom is -0.314 e. The lowest BCUT2D eigenvalue weighted by Crippen LogP contribution is -2.33. The van der Waals surface area contributed by atoms with E-state index in [0.29, 0.717) is 0 Å². The molecule has 0 saturated carbocycles. The van der Waals surface area contributed by atoms with Crippen LogP contribution in [0.25, 0.3) is 0 Å². The lowest BCUT2D eigenvalue weighted by Gasteiger charge is -2.23. The highest BCUT2D eigenvalue weighted by molar-refractivity contribution is 5.01. The van der Waals surface area contributed by atoms with E-state index in [4.69, 9.17) is 0 Å². The van der Waals surface area contributed by atoms with Gasteiger partial charge in [-0.3, -0.25) is 0 Å². The van der Waals surface area contributed by atoms with E-state index in [0.717, 1.165) is 6.04 Å². The van der Waals surface area contributed by atoms with Crippen LogP contribution in [0.5, 0.6) is 0 Å². The Hall–Kier alpha value is -0.300. The molecule has 0 bridgehead atoms. The average Bonchev–Trinajstić information content (AvgIpc) is 2.16. The summed E-state index contributed by atoms with van der Waals surface area (Å²) < 4.78 is 0. The van der Waals surface area contributed by atoms with Gasteiger partial charge in [0.2, 0.25) is 0 Å². The zero-order valence-electron chi connectivity index (χ0n) is 9.10. The van der Waals surface area contributed by atoms with Gasteiger partial charge in [-0.15, -0.1) is 0 Å². The summed E-state index contributed by atoms with van der Waals surface area (Å²) in [5.41, 5.74) is 1.57. The van der Waals surface area contributed by atoms with Crippen molar-refractivity contribution in [3.05, 3.63) is 11.6 Å². The fraction of sp³-hybridized carbons (Fsp3) is 0.833. The molecule has 13 heavy (non-hydrogen) atoms. The Morgan fingerprint density at radius 1 is 1.46 bits per heavy atom. The van der Waals surface area contributed by atoms with E-state index < -0.39 is 0 Å². The molecule has 0 amide bonds. The van der Waals surface area contributed by atoms with Gasteiger partial charge >= 0.3 is 0 Å². The summed E-state index contributed by atoms with van der Waals surface area (Å²) in [5.74, 6) is 0. The highest BCUT2D eigenvalue weighted by Gasteiger charge is 2.11. The summed E-state index contributed by atoms with van der Waals surface area (Å²) in [6.07, 6.45) is 10.3. The molecule has 1 saturated heterocycles. The van der Waals surface area contributed by atoms with E-state index in [1.54, 1.807) is 5.57 Å². The number of hydrogen-bond donors (Lipinski definition) is 1. The maximum atomic E-state index is 3.59. The molecule has 1 heteroatoms. The van der Waals surface area contributed by atoms with Gasteiger partial charge in [-0.1, -0.05) is 31.4 Å². The smallest absolute Gasteiger partial charge is 0.0104 e. The van der Waals surface area contributed by atoms with Crippen LogP contribution in [-0.2, 0) is 0 Å². The Bertz CT molecular complexity index is 155. The molecule has 0 spiro atoms. The molecule has 0 aromatic heterocycles. The second-order valence-electron chi connectivity index (χ2n) is 4.19. The largest absolute Gasteiger partial charge is 0.314 e. The quantitative estimate of drug-likeness (QED) is 0.656. The molecule has 1 unspecified atom stereocenters. The summed E-state index contributed by atoms with van der Waals surface area (Å²) in [4.78, 5) is 0. The molecule has 1 nitrogen and oxygen atoms in total. The first-order chi connectivity index (χ1) is 6.33. The number of allylic oxidation sites excluding steroid dienone is 1. The maximum Gasteiger partial charge on any atom is 0.0104 e. The van der Waals surface area contributed by atoms with Crippen molar-refractivity contribution in [1.82, 2.24) is 5.32 Å². The molecule has 1 rings (SSSR count). The van der Waals surface area contributed by atoms with Gasteiger partial charge in [0.15, 0.2) is 0 Å². The first kappa shape index (κ1) is 10.8. The maximum absolute atomic E-state index is 3.59. The van der Waals surface area contributed by atoms with Crippen LogP contribution < -0.4 is 5.32 Å². The Kier molecular flexibility index (Phi) is 5.14. The third-order valence-electron chi connectivity index (χ3n) is 2.76. The van der Waals surface area contributed by atoms with Crippen LogP contribution in [0.15, 0.2) is 11.6 Å². The van der Waals surface area contributed by atoms with E-state index in [2.05, 4.69) is 25.2 Å². The first-order valence-corrected chi connectivity index (χ1v) is 5.72. The van der Waals surface area contributed by atoms with Crippen LogP contribution in [0.4, 0.5) is 0 Å². The highest BCUT2D eigenvalue weighted by atomic mass is 14.9. The summed E-state index contributed by atoms with van der Waals surface area (Å²) in [6, 6.07) is 0.766. The predicted molar refractivity (Wildman–Crippen MR) is 58.9 cm³/mol. The minimum atomic E-state index is 0.766. The van der Waals surface area contributed by atoms with Gasteiger partial charge in [0.1, 0.15) is 0 Å². The Morgan fingerprint density at radius 2 is 2.31 bits per heavy atom. The highest BCUT2D eigenvalue weighted by Crippen LogP contribution is 2.15. The van der Waals surface area contributed by atoms with E-state index >= 15 is 0 Å². The molecule has 1 aliphatic rings. The van der Waals surface area contributed by atoms with Crippen molar-refractivity contribution >= 4 is 0 Å². The van der Waals surface area contributed by atoms with Crippen LogP contribution in [-0.4, -0.2) is 12.6 Å². The summed E-state index contributed by atoms with van der Waals surface area (Å²) in [6.45, 7) is 5.74. The molecular weight excluding hydrogens is 158 g/mol. The van der Waals surface area contributed by atoms with Crippen molar-refractivity contribution in [3.8, 4) is 0 Å². The topological polar surface area (TPSA) is 12.0 Å². The van der Waals surface area contributed by atoms with E-state index in [-0.39, 0.29) is 0 Å². The molecule has 1 fully saturated rings. The fourth-order valence-electron chi connectivity index (χ4n) is 1.96. The standard InChI is InChI=1S/C12H23N/c1-3-4-7-11(2)10-12-8-5-6-9-13-12/h7,12-13H,3-6,8-10H2,1-2H3/b11-7-. The molecule has 0 aromatic carbocycles. The molecular formula is C12H23N. The molecule has 1 heterocycles. The Balaban J connectivity index is 2.21. The second-order valence-corrected chi connectivity index (χ2v) is 4.19. The third-order valence-corrected chi connectivity index (χ3v) is 2.76. The monoisotopic (exact) mass is 181 g/mol. The summed E-state index contributed by atoms with van der Waals surface area (Å²) >= 11 is 0. The van der Waals surface area contributed by atoms with E-state index in [1.807, 2.05) is 0 Å². The van der Waals surface area contributed by atoms with Gasteiger partial charge in [0.05, 0.1) is 0 Å². The zero-order chi connectivity index (χ0) is 9.52. The molecule has 1 atom stereocenters. The normalized spacial score (nSPS) is 24.8. The Labute approximate surface area is 82.6 Å². The average molecular weight is 181 g/mol. The van der Waals surface area contributed by atoms with Crippen molar-refractivity contribution in [3.63, 3.8) is 0 Å². The van der Waals surface area contributed by atoms with Crippen LogP contribution in [0.3, 0.4) is 0 Å². The fourth-order valence-corrected chi connectivity index (χ4v) is 1.96. The van der Waals surface area contributed by atoms with E-state index in [9.17, 15) is 0 Å². The van der Waals surface area contributed by atoms with Crippen molar-refractivity contribution in [1.29, 1.82) is 0 Å². The number of piperidine rings is 1. The van der Waals surface area contributed by atoms with Crippen molar-refractivity contribution in [2.45, 2.75) is 58.4 Å². The molecule has 1 aliphatic heterocycles. The van der Waals surface area contributed by atoms with Crippen LogP contribution in [0, 0.1) is 0 Å². The summed E-state index contributed by atoms with van der Waals surface area (Å²) in [7, 11) is 0. The number of hydrogen-bond acceptors (Lipinski definition) is 1. The van der Waals surface area contributed by atoms with Crippen molar-refractivity contribution < 1.29 is 0 Å². The van der Waals surface area contributed by atoms with Crippen molar-refractivity contribution in [2.24, 2.45) is 0 Å². The third kappa shape index (κ3) is 4.47. The van der Waals surface area contributed by atoms with Gasteiger partial charge in [0.25, 0.3) is 0 Å². The van der Waals surface area contributed by atoms with E-state index in [1.165, 1.54) is 45.1 Å². The predicted octanol–water partition coefficient (Wildman–Crippen LogP) is 3.27. The minimum absolute atomic E-state index is 0.766. The number of unbranched alkanes of at least 4 members (excludes halogenated alkanes) is 1. The lowest BCUT2D eigenvalue weighted by atomic mass is 9.98. The van der Waals surface area contributed by atoms with Gasteiger partial charge < -0.3 is 5.32 Å². The van der Waals surface area contributed by atoms with Gasteiger partial charge in [-0.2, -0.15) is 0 Å². The SMILES string of the molecule is CCC/C=C(/C)CC1CCCCN1. The number of nitrogens with one attached hydrogen (secondary N) is 1. The second kappa shape index (κ2) is 6.20. The zero-order valence-corrected chi connectivity index (χ0v) is 9.10.